The number of fused-ring (bicyclic) bond motifs is 5. The molecule has 6 aromatic rings. The second-order valence-corrected chi connectivity index (χ2v) is 11.0. The van der Waals surface area contributed by atoms with Crippen LogP contribution in [0.15, 0.2) is 128 Å². The molecule has 0 bridgehead atoms. The molecule has 7 rings (SSSR count). The highest BCUT2D eigenvalue weighted by Crippen LogP contribution is 2.48. The number of nitrogens with zero attached hydrogens (tertiary/aromatic N) is 2. The standard InChI is InChI=1S/C37H33N2/c1-4-37(3)26(2)38-24-10-9-19-34(38)32-25-29(22-23-33(32)37)39(35-20-11-15-27-13-5-7-17-30(27)35)36-21-12-16-28-14-6-8-18-31(28)36/h5-26H,4H2,1-3H3/q+1. The van der Waals surface area contributed by atoms with Crippen molar-refractivity contribution in [3.05, 3.63) is 133 Å². The van der Waals surface area contributed by atoms with Gasteiger partial charge in [-0.1, -0.05) is 85.8 Å². The van der Waals surface area contributed by atoms with Gasteiger partial charge in [0.05, 0.1) is 22.4 Å². The normalized spacial score (nSPS) is 18.1. The summed E-state index contributed by atoms with van der Waals surface area (Å²) in [6.45, 7) is 7.11. The van der Waals surface area contributed by atoms with Gasteiger partial charge < -0.3 is 4.90 Å². The van der Waals surface area contributed by atoms with Crippen molar-refractivity contribution in [3.63, 3.8) is 0 Å². The molecule has 0 aliphatic carbocycles. The van der Waals surface area contributed by atoms with Gasteiger partial charge in [-0.3, -0.25) is 0 Å². The van der Waals surface area contributed by atoms with Gasteiger partial charge in [0.25, 0.3) is 0 Å². The van der Waals surface area contributed by atoms with E-state index in [4.69, 9.17) is 0 Å². The van der Waals surface area contributed by atoms with Crippen molar-refractivity contribution in [1.29, 1.82) is 0 Å². The van der Waals surface area contributed by atoms with Gasteiger partial charge in [0.15, 0.2) is 12.2 Å². The number of hydrogen-bond acceptors (Lipinski definition) is 1. The van der Waals surface area contributed by atoms with Crippen LogP contribution in [0, 0.1) is 0 Å². The van der Waals surface area contributed by atoms with E-state index in [1.165, 1.54) is 55.4 Å². The van der Waals surface area contributed by atoms with E-state index in [2.05, 4.69) is 158 Å². The molecule has 0 saturated heterocycles. The molecule has 0 spiro atoms. The van der Waals surface area contributed by atoms with Gasteiger partial charge in [-0.2, -0.15) is 4.57 Å². The summed E-state index contributed by atoms with van der Waals surface area (Å²) < 4.78 is 2.47. The van der Waals surface area contributed by atoms with E-state index in [0.717, 1.165) is 6.42 Å². The highest BCUT2D eigenvalue weighted by Gasteiger charge is 2.45. The van der Waals surface area contributed by atoms with E-state index in [9.17, 15) is 0 Å². The van der Waals surface area contributed by atoms with Crippen LogP contribution in [0.25, 0.3) is 32.8 Å². The Labute approximate surface area is 230 Å². The van der Waals surface area contributed by atoms with E-state index in [1.807, 2.05) is 0 Å². The van der Waals surface area contributed by atoms with E-state index >= 15 is 0 Å². The second kappa shape index (κ2) is 9.10. The Balaban J connectivity index is 1.54. The van der Waals surface area contributed by atoms with Crippen LogP contribution in [0.2, 0.25) is 0 Å². The van der Waals surface area contributed by atoms with Crippen molar-refractivity contribution >= 4 is 38.6 Å². The van der Waals surface area contributed by atoms with Crippen molar-refractivity contribution < 1.29 is 4.57 Å². The van der Waals surface area contributed by atoms with Crippen LogP contribution in [0.5, 0.6) is 0 Å². The maximum Gasteiger partial charge on any atom is 0.213 e. The van der Waals surface area contributed by atoms with Crippen molar-refractivity contribution in [1.82, 2.24) is 0 Å². The molecule has 1 aromatic heterocycles. The first kappa shape index (κ1) is 23.7. The summed E-state index contributed by atoms with van der Waals surface area (Å²) in [6.07, 6.45) is 3.33. The monoisotopic (exact) mass is 505 g/mol. The summed E-state index contributed by atoms with van der Waals surface area (Å²) in [6, 6.07) is 44.8. The van der Waals surface area contributed by atoms with Crippen LogP contribution < -0.4 is 9.47 Å². The smallest absolute Gasteiger partial charge is 0.213 e. The zero-order valence-electron chi connectivity index (χ0n) is 22.8. The van der Waals surface area contributed by atoms with Crippen molar-refractivity contribution in [2.24, 2.45) is 0 Å². The Bertz CT molecular complexity index is 1760. The molecule has 5 aromatic carbocycles. The molecular weight excluding hydrogens is 472 g/mol. The molecule has 0 radical (unpaired) electrons. The highest BCUT2D eigenvalue weighted by molar-refractivity contribution is 6.04. The zero-order valence-corrected chi connectivity index (χ0v) is 22.8. The summed E-state index contributed by atoms with van der Waals surface area (Å²) in [4.78, 5) is 2.46. The van der Waals surface area contributed by atoms with E-state index in [1.54, 1.807) is 0 Å². The third-order valence-corrected chi connectivity index (χ3v) is 9.13. The number of hydrogen-bond donors (Lipinski definition) is 0. The van der Waals surface area contributed by atoms with E-state index < -0.39 is 0 Å². The van der Waals surface area contributed by atoms with E-state index in [-0.39, 0.29) is 5.41 Å². The molecule has 39 heavy (non-hydrogen) atoms. The molecule has 0 amide bonds. The number of pyridine rings is 1. The summed E-state index contributed by atoms with van der Waals surface area (Å²) in [7, 11) is 0. The Morgan fingerprint density at radius 3 is 1.92 bits per heavy atom. The van der Waals surface area contributed by atoms with Gasteiger partial charge in [-0.05, 0) is 66.9 Å². The first-order valence-corrected chi connectivity index (χ1v) is 14.0. The predicted octanol–water partition coefficient (Wildman–Crippen LogP) is 9.66. The summed E-state index contributed by atoms with van der Waals surface area (Å²) in [5.41, 5.74) is 7.63. The lowest BCUT2D eigenvalue weighted by molar-refractivity contribution is -0.720. The fourth-order valence-corrected chi connectivity index (χ4v) is 6.64. The molecule has 2 heteroatoms. The third kappa shape index (κ3) is 3.59. The molecule has 190 valence electrons. The molecule has 2 heterocycles. The van der Waals surface area contributed by atoms with Gasteiger partial charge >= 0.3 is 0 Å². The molecular formula is C37H33N2+. The van der Waals surface area contributed by atoms with Crippen LogP contribution in [-0.2, 0) is 5.41 Å². The van der Waals surface area contributed by atoms with Crippen molar-refractivity contribution in [2.75, 3.05) is 4.90 Å². The summed E-state index contributed by atoms with van der Waals surface area (Å²) in [5.74, 6) is 0. The molecule has 2 atom stereocenters. The SMILES string of the molecule is CCC1(C)c2ccc(N(c3cccc4ccccc34)c3cccc4ccccc34)cc2-c2cccc[n+]2C1C. The topological polar surface area (TPSA) is 7.12 Å². The largest absolute Gasteiger partial charge is 0.309 e. The molecule has 2 nitrogen and oxygen atoms in total. The lowest BCUT2D eigenvalue weighted by Gasteiger charge is -2.38. The quantitative estimate of drug-likeness (QED) is 0.216. The highest BCUT2D eigenvalue weighted by atomic mass is 15.1. The average molecular weight is 506 g/mol. The van der Waals surface area contributed by atoms with Crippen LogP contribution >= 0.6 is 0 Å². The minimum atomic E-state index is 0.0522. The number of benzene rings is 5. The van der Waals surface area contributed by atoms with Crippen molar-refractivity contribution in [3.8, 4) is 11.3 Å². The predicted molar refractivity (Wildman–Crippen MR) is 164 cm³/mol. The zero-order chi connectivity index (χ0) is 26.6. The minimum Gasteiger partial charge on any atom is -0.309 e. The van der Waals surface area contributed by atoms with Gasteiger partial charge in [0.1, 0.15) is 0 Å². The number of aromatic nitrogens is 1. The Kier molecular flexibility index (Phi) is 5.52. The van der Waals surface area contributed by atoms with Crippen LogP contribution in [0.4, 0.5) is 17.1 Å². The van der Waals surface area contributed by atoms with Gasteiger partial charge in [0, 0.05) is 28.6 Å². The maximum atomic E-state index is 2.47. The third-order valence-electron chi connectivity index (χ3n) is 9.13. The Morgan fingerprint density at radius 2 is 1.28 bits per heavy atom. The average Bonchev–Trinajstić information content (AvgIpc) is 3.00. The number of anilines is 3. The fourth-order valence-electron chi connectivity index (χ4n) is 6.64. The lowest BCUT2D eigenvalue weighted by Crippen LogP contribution is -2.53. The molecule has 0 fully saturated rings. The molecule has 1 aliphatic heterocycles. The number of rotatable bonds is 4. The Morgan fingerprint density at radius 1 is 0.692 bits per heavy atom. The molecule has 1 aliphatic rings. The van der Waals surface area contributed by atoms with Crippen LogP contribution in [0.1, 0.15) is 38.8 Å². The molecule has 0 saturated carbocycles. The Hall–Kier alpha value is -4.43. The van der Waals surface area contributed by atoms with Crippen LogP contribution in [0.3, 0.4) is 0 Å². The molecule has 2 unspecified atom stereocenters. The van der Waals surface area contributed by atoms with Gasteiger partial charge in [-0.15, -0.1) is 0 Å². The van der Waals surface area contributed by atoms with Crippen LogP contribution in [-0.4, -0.2) is 0 Å². The molecule has 0 N–H and O–H groups in total. The van der Waals surface area contributed by atoms with Gasteiger partial charge in [-0.25, -0.2) is 0 Å². The van der Waals surface area contributed by atoms with Gasteiger partial charge in [0.2, 0.25) is 5.69 Å². The van der Waals surface area contributed by atoms with Crippen molar-refractivity contribution in [2.45, 2.75) is 38.6 Å². The first-order valence-electron chi connectivity index (χ1n) is 14.0. The fraction of sp³-hybridized carbons (Fsp3) is 0.162. The van der Waals surface area contributed by atoms with E-state index in [0.29, 0.717) is 6.04 Å². The first-order chi connectivity index (χ1) is 19.1. The summed E-state index contributed by atoms with van der Waals surface area (Å²) >= 11 is 0. The lowest BCUT2D eigenvalue weighted by atomic mass is 9.69. The minimum absolute atomic E-state index is 0.0522. The summed E-state index contributed by atoms with van der Waals surface area (Å²) in [5, 5.41) is 4.97. The second-order valence-electron chi connectivity index (χ2n) is 11.0. The maximum absolute atomic E-state index is 2.47.